The van der Waals surface area contributed by atoms with Gasteiger partial charge in [0.1, 0.15) is 0 Å². The molecule has 0 radical (unpaired) electrons. The number of rotatable bonds is 1. The van der Waals surface area contributed by atoms with Crippen LogP contribution in [-0.4, -0.2) is 37.5 Å². The van der Waals surface area contributed by atoms with E-state index in [4.69, 9.17) is 0 Å². The first kappa shape index (κ1) is 8.81. The predicted octanol–water partition coefficient (Wildman–Crippen LogP) is -0.284. The van der Waals surface area contributed by atoms with E-state index in [1.54, 1.807) is 0 Å². The van der Waals surface area contributed by atoms with Crippen LogP contribution < -0.4 is 5.32 Å². The molecule has 0 aliphatic carbocycles. The summed E-state index contributed by atoms with van der Waals surface area (Å²) in [5.41, 5.74) is 0. The lowest BCUT2D eigenvalue weighted by atomic mass is 10.0. The van der Waals surface area contributed by atoms with E-state index in [1.165, 1.54) is 0 Å². The fourth-order valence-corrected chi connectivity index (χ4v) is 1.98. The van der Waals surface area contributed by atoms with Gasteiger partial charge in [-0.1, -0.05) is 0 Å². The number of nitrogens with one attached hydrogen (secondary N) is 1. The lowest BCUT2D eigenvalue weighted by Crippen LogP contribution is -2.24. The molecule has 2 heterocycles. The largest absolute Gasteiger partial charge is 0.345 e. The molecule has 4 heteroatoms. The van der Waals surface area contributed by atoms with Crippen molar-refractivity contribution in [1.82, 2.24) is 10.2 Å². The van der Waals surface area contributed by atoms with Gasteiger partial charge in [-0.15, -0.1) is 12.4 Å². The molecule has 2 fully saturated rings. The Kier molecular flexibility index (Phi) is 2.73. The van der Waals surface area contributed by atoms with Gasteiger partial charge in [-0.25, -0.2) is 0 Å². The van der Waals surface area contributed by atoms with E-state index in [0.29, 0.717) is 0 Å². The van der Waals surface area contributed by atoms with Crippen molar-refractivity contribution in [2.75, 3.05) is 26.2 Å². The molecule has 1 N–H and O–H groups in total. The Bertz CT molecular complexity index is 141. The molecular weight excluding hydrogens is 164 g/mol. The fraction of sp³-hybridized carbons (Fsp3) is 0.857. The van der Waals surface area contributed by atoms with Gasteiger partial charge in [0, 0.05) is 26.2 Å². The van der Waals surface area contributed by atoms with E-state index in [9.17, 15) is 4.79 Å². The molecule has 0 bridgehead atoms. The SMILES string of the molecule is Cl.O=CN1CC2CNCC2C1. The third-order valence-corrected chi connectivity index (χ3v) is 2.57. The van der Waals surface area contributed by atoms with Crippen molar-refractivity contribution >= 4 is 18.8 Å². The maximum Gasteiger partial charge on any atom is 0.209 e. The Morgan fingerprint density at radius 3 is 2.27 bits per heavy atom. The van der Waals surface area contributed by atoms with Gasteiger partial charge in [0.2, 0.25) is 6.41 Å². The number of carbonyl (C=O) groups is 1. The van der Waals surface area contributed by atoms with Crippen LogP contribution >= 0.6 is 12.4 Å². The molecule has 2 aliphatic rings. The van der Waals surface area contributed by atoms with Gasteiger partial charge < -0.3 is 10.2 Å². The van der Waals surface area contributed by atoms with Gasteiger partial charge in [0.05, 0.1) is 0 Å². The lowest BCUT2D eigenvalue weighted by Gasteiger charge is -2.08. The van der Waals surface area contributed by atoms with Gasteiger partial charge in [-0.3, -0.25) is 4.79 Å². The molecule has 2 saturated heterocycles. The summed E-state index contributed by atoms with van der Waals surface area (Å²) >= 11 is 0. The Balaban J connectivity index is 0.000000605. The maximum absolute atomic E-state index is 10.3. The number of carbonyl (C=O) groups excluding carboxylic acids is 1. The molecule has 2 unspecified atom stereocenters. The number of hydrogen-bond donors (Lipinski definition) is 1. The van der Waals surface area contributed by atoms with Gasteiger partial charge in [-0.05, 0) is 11.8 Å². The van der Waals surface area contributed by atoms with Crippen molar-refractivity contribution in [3.05, 3.63) is 0 Å². The molecule has 2 aliphatic heterocycles. The van der Waals surface area contributed by atoms with Gasteiger partial charge >= 0.3 is 0 Å². The van der Waals surface area contributed by atoms with Crippen LogP contribution in [0.25, 0.3) is 0 Å². The number of likely N-dealkylation sites (tertiary alicyclic amines) is 1. The maximum atomic E-state index is 10.3. The van der Waals surface area contributed by atoms with Crippen LogP contribution in [0.3, 0.4) is 0 Å². The van der Waals surface area contributed by atoms with Crippen molar-refractivity contribution < 1.29 is 4.79 Å². The molecule has 3 nitrogen and oxygen atoms in total. The average Bonchev–Trinajstić information content (AvgIpc) is 2.42. The van der Waals surface area contributed by atoms with Crippen LogP contribution in [0.5, 0.6) is 0 Å². The van der Waals surface area contributed by atoms with Crippen LogP contribution in [0.4, 0.5) is 0 Å². The first-order valence-electron chi connectivity index (χ1n) is 3.80. The highest BCUT2D eigenvalue weighted by atomic mass is 35.5. The Morgan fingerprint density at radius 1 is 1.27 bits per heavy atom. The summed E-state index contributed by atoms with van der Waals surface area (Å²) in [6, 6.07) is 0. The van der Waals surface area contributed by atoms with E-state index in [2.05, 4.69) is 5.32 Å². The summed E-state index contributed by atoms with van der Waals surface area (Å²) in [5, 5.41) is 3.33. The lowest BCUT2D eigenvalue weighted by molar-refractivity contribution is -0.117. The Labute approximate surface area is 72.5 Å². The standard InChI is InChI=1S/C7H12N2O.ClH/c10-5-9-3-6-1-8-2-7(6)4-9;/h5-8H,1-4H2;1H. The Morgan fingerprint density at radius 2 is 1.82 bits per heavy atom. The number of nitrogens with zero attached hydrogens (tertiary/aromatic N) is 1. The molecule has 0 aromatic rings. The first-order valence-corrected chi connectivity index (χ1v) is 3.80. The highest BCUT2D eigenvalue weighted by Gasteiger charge is 2.35. The van der Waals surface area contributed by atoms with E-state index in [-0.39, 0.29) is 12.4 Å². The predicted molar refractivity (Wildman–Crippen MR) is 44.7 cm³/mol. The first-order chi connectivity index (χ1) is 4.90. The van der Waals surface area contributed by atoms with E-state index in [1.807, 2.05) is 4.90 Å². The average molecular weight is 177 g/mol. The topological polar surface area (TPSA) is 32.3 Å². The monoisotopic (exact) mass is 176 g/mol. The highest BCUT2D eigenvalue weighted by molar-refractivity contribution is 5.85. The minimum atomic E-state index is 0. The van der Waals surface area contributed by atoms with E-state index in [0.717, 1.165) is 44.4 Å². The number of hydrogen-bond acceptors (Lipinski definition) is 2. The quantitative estimate of drug-likeness (QED) is 0.558. The van der Waals surface area contributed by atoms with Crippen LogP contribution in [0, 0.1) is 11.8 Å². The molecule has 11 heavy (non-hydrogen) atoms. The number of halogens is 1. The van der Waals surface area contributed by atoms with Gasteiger partial charge in [-0.2, -0.15) is 0 Å². The zero-order valence-corrected chi connectivity index (χ0v) is 7.14. The molecule has 0 spiro atoms. The number of amides is 1. The molecule has 64 valence electrons. The smallest absolute Gasteiger partial charge is 0.209 e. The second-order valence-electron chi connectivity index (χ2n) is 3.24. The minimum absolute atomic E-state index is 0. The molecular formula is C7H13ClN2O. The molecule has 0 aromatic carbocycles. The molecule has 2 atom stereocenters. The highest BCUT2D eigenvalue weighted by Crippen LogP contribution is 2.24. The molecule has 0 aromatic heterocycles. The van der Waals surface area contributed by atoms with Gasteiger partial charge in [0.15, 0.2) is 0 Å². The Hall–Kier alpha value is -0.280. The minimum Gasteiger partial charge on any atom is -0.345 e. The van der Waals surface area contributed by atoms with Crippen molar-refractivity contribution in [3.63, 3.8) is 0 Å². The molecule has 0 saturated carbocycles. The van der Waals surface area contributed by atoms with Crippen molar-refractivity contribution in [1.29, 1.82) is 0 Å². The van der Waals surface area contributed by atoms with Gasteiger partial charge in [0.25, 0.3) is 0 Å². The van der Waals surface area contributed by atoms with Crippen LogP contribution in [0.15, 0.2) is 0 Å². The summed E-state index contributed by atoms with van der Waals surface area (Å²) < 4.78 is 0. The third kappa shape index (κ3) is 1.49. The van der Waals surface area contributed by atoms with Crippen molar-refractivity contribution in [3.8, 4) is 0 Å². The number of fused-ring (bicyclic) bond motifs is 1. The zero-order valence-electron chi connectivity index (χ0n) is 6.32. The van der Waals surface area contributed by atoms with Crippen LogP contribution in [0.2, 0.25) is 0 Å². The normalized spacial score (nSPS) is 34.7. The zero-order chi connectivity index (χ0) is 6.97. The summed E-state index contributed by atoms with van der Waals surface area (Å²) in [6.45, 7) is 4.16. The third-order valence-electron chi connectivity index (χ3n) is 2.57. The summed E-state index contributed by atoms with van der Waals surface area (Å²) in [5.74, 6) is 1.48. The second-order valence-corrected chi connectivity index (χ2v) is 3.24. The molecule has 1 amide bonds. The van der Waals surface area contributed by atoms with E-state index < -0.39 is 0 Å². The summed E-state index contributed by atoms with van der Waals surface area (Å²) in [4.78, 5) is 12.2. The molecule has 2 rings (SSSR count). The van der Waals surface area contributed by atoms with E-state index >= 15 is 0 Å². The van der Waals surface area contributed by atoms with Crippen LogP contribution in [-0.2, 0) is 4.79 Å². The fourth-order valence-electron chi connectivity index (χ4n) is 1.98. The summed E-state index contributed by atoms with van der Waals surface area (Å²) in [7, 11) is 0. The second kappa shape index (κ2) is 3.41. The van der Waals surface area contributed by atoms with Crippen LogP contribution in [0.1, 0.15) is 0 Å². The van der Waals surface area contributed by atoms with Crippen molar-refractivity contribution in [2.24, 2.45) is 11.8 Å². The summed E-state index contributed by atoms with van der Waals surface area (Å²) in [6.07, 6.45) is 0.971. The van der Waals surface area contributed by atoms with Crippen molar-refractivity contribution in [2.45, 2.75) is 0 Å².